The Hall–Kier alpha value is -2.16. The summed E-state index contributed by atoms with van der Waals surface area (Å²) in [6.45, 7) is 7.49. The molecular weight excluding hydrogens is 226 g/mol. The highest BCUT2D eigenvalue weighted by atomic mass is 16.5. The minimum absolute atomic E-state index is 0.321. The number of allylic oxidation sites excluding steroid dienone is 1. The SMILES string of the molecule is C=CCC1=C(C)C(=Nc2ccc(C)cc2)OC1=O. The summed E-state index contributed by atoms with van der Waals surface area (Å²) >= 11 is 0. The third kappa shape index (κ3) is 2.40. The van der Waals surface area contributed by atoms with Crippen molar-refractivity contribution in [3.63, 3.8) is 0 Å². The third-order valence-electron chi connectivity index (χ3n) is 2.82. The molecule has 0 unspecified atom stereocenters. The first kappa shape index (κ1) is 12.3. The predicted octanol–water partition coefficient (Wildman–Crippen LogP) is 3.47. The molecule has 0 bridgehead atoms. The Morgan fingerprint density at radius 2 is 1.94 bits per heavy atom. The number of esters is 1. The zero-order chi connectivity index (χ0) is 13.1. The summed E-state index contributed by atoms with van der Waals surface area (Å²) in [4.78, 5) is 16.0. The molecule has 1 aliphatic heterocycles. The van der Waals surface area contributed by atoms with Gasteiger partial charge in [0.25, 0.3) is 0 Å². The van der Waals surface area contributed by atoms with Gasteiger partial charge in [0.1, 0.15) is 0 Å². The van der Waals surface area contributed by atoms with Crippen molar-refractivity contribution in [2.45, 2.75) is 20.3 Å². The van der Waals surface area contributed by atoms with E-state index in [-0.39, 0.29) is 5.97 Å². The Balaban J connectivity index is 2.32. The molecule has 0 atom stereocenters. The van der Waals surface area contributed by atoms with Crippen LogP contribution < -0.4 is 0 Å². The first-order valence-corrected chi connectivity index (χ1v) is 5.80. The van der Waals surface area contributed by atoms with Crippen LogP contribution in [0.1, 0.15) is 18.9 Å². The lowest BCUT2D eigenvalue weighted by Crippen LogP contribution is -2.02. The lowest BCUT2D eigenvalue weighted by Gasteiger charge is -1.99. The van der Waals surface area contributed by atoms with Crippen molar-refractivity contribution in [3.05, 3.63) is 53.6 Å². The van der Waals surface area contributed by atoms with E-state index in [0.29, 0.717) is 17.9 Å². The first-order valence-electron chi connectivity index (χ1n) is 5.80. The molecule has 2 rings (SSSR count). The highest BCUT2D eigenvalue weighted by Crippen LogP contribution is 2.24. The summed E-state index contributed by atoms with van der Waals surface area (Å²) < 4.78 is 5.16. The molecule has 0 spiro atoms. The zero-order valence-electron chi connectivity index (χ0n) is 10.6. The molecule has 0 saturated carbocycles. The van der Waals surface area contributed by atoms with Gasteiger partial charge in [-0.1, -0.05) is 23.8 Å². The Morgan fingerprint density at radius 1 is 1.28 bits per heavy atom. The van der Waals surface area contributed by atoms with E-state index in [1.165, 1.54) is 5.56 Å². The number of aliphatic imine (C=N–C) groups is 1. The lowest BCUT2D eigenvalue weighted by atomic mass is 10.1. The van der Waals surface area contributed by atoms with E-state index in [2.05, 4.69) is 11.6 Å². The number of benzene rings is 1. The molecule has 1 aromatic carbocycles. The molecule has 1 aromatic rings. The molecule has 1 aliphatic rings. The zero-order valence-corrected chi connectivity index (χ0v) is 10.6. The summed E-state index contributed by atoms with van der Waals surface area (Å²) in [7, 11) is 0. The summed E-state index contributed by atoms with van der Waals surface area (Å²) in [6.07, 6.45) is 2.20. The second kappa shape index (κ2) is 5.00. The summed E-state index contributed by atoms with van der Waals surface area (Å²) in [5, 5.41) is 0. The highest BCUT2D eigenvalue weighted by Gasteiger charge is 2.27. The molecule has 0 fully saturated rings. The average Bonchev–Trinajstić information content (AvgIpc) is 2.60. The van der Waals surface area contributed by atoms with Gasteiger partial charge in [0, 0.05) is 11.1 Å². The molecule has 0 N–H and O–H groups in total. The fourth-order valence-electron chi connectivity index (χ4n) is 1.73. The average molecular weight is 241 g/mol. The van der Waals surface area contributed by atoms with Crippen molar-refractivity contribution in [2.24, 2.45) is 4.99 Å². The first-order chi connectivity index (χ1) is 8.61. The Morgan fingerprint density at radius 3 is 2.56 bits per heavy atom. The maximum atomic E-state index is 11.6. The van der Waals surface area contributed by atoms with Gasteiger partial charge in [0.05, 0.1) is 5.69 Å². The lowest BCUT2D eigenvalue weighted by molar-refractivity contribution is -0.130. The van der Waals surface area contributed by atoms with Crippen molar-refractivity contribution < 1.29 is 9.53 Å². The Bertz CT molecular complexity index is 550. The normalized spacial score (nSPS) is 17.2. The van der Waals surface area contributed by atoms with E-state index in [1.54, 1.807) is 6.08 Å². The molecule has 0 aliphatic carbocycles. The second-order valence-corrected chi connectivity index (χ2v) is 4.24. The number of hydrogen-bond donors (Lipinski definition) is 0. The molecule has 0 saturated heterocycles. The van der Waals surface area contributed by atoms with E-state index < -0.39 is 0 Å². The fourth-order valence-corrected chi connectivity index (χ4v) is 1.73. The van der Waals surface area contributed by atoms with Crippen molar-refractivity contribution in [1.29, 1.82) is 0 Å². The van der Waals surface area contributed by atoms with Gasteiger partial charge in [0.2, 0.25) is 5.90 Å². The maximum absolute atomic E-state index is 11.6. The van der Waals surface area contributed by atoms with E-state index in [9.17, 15) is 4.79 Å². The minimum Gasteiger partial charge on any atom is -0.404 e. The smallest absolute Gasteiger partial charge is 0.341 e. The van der Waals surface area contributed by atoms with Gasteiger partial charge in [-0.05, 0) is 32.4 Å². The largest absolute Gasteiger partial charge is 0.404 e. The molecule has 3 heteroatoms. The van der Waals surface area contributed by atoms with Crippen LogP contribution >= 0.6 is 0 Å². The number of nitrogens with zero attached hydrogens (tertiary/aromatic N) is 1. The molecule has 1 heterocycles. The number of rotatable bonds is 3. The molecular formula is C15H15NO2. The van der Waals surface area contributed by atoms with Crippen LogP contribution in [0.5, 0.6) is 0 Å². The monoisotopic (exact) mass is 241 g/mol. The quantitative estimate of drug-likeness (QED) is 0.600. The van der Waals surface area contributed by atoms with Gasteiger partial charge >= 0.3 is 5.97 Å². The fraction of sp³-hybridized carbons (Fsp3) is 0.200. The number of ether oxygens (including phenoxy) is 1. The second-order valence-electron chi connectivity index (χ2n) is 4.24. The van der Waals surface area contributed by atoms with E-state index in [1.807, 2.05) is 38.1 Å². The van der Waals surface area contributed by atoms with Gasteiger partial charge in [-0.3, -0.25) is 0 Å². The van der Waals surface area contributed by atoms with Crippen LogP contribution in [-0.2, 0) is 9.53 Å². The number of cyclic esters (lactones) is 1. The van der Waals surface area contributed by atoms with Crippen molar-refractivity contribution in [1.82, 2.24) is 0 Å². The van der Waals surface area contributed by atoms with Gasteiger partial charge in [-0.25, -0.2) is 9.79 Å². The number of carbonyl (C=O) groups excluding carboxylic acids is 1. The topological polar surface area (TPSA) is 38.7 Å². The Labute approximate surface area is 107 Å². The van der Waals surface area contributed by atoms with Crippen LogP contribution in [0.4, 0.5) is 5.69 Å². The van der Waals surface area contributed by atoms with Crippen molar-refractivity contribution in [3.8, 4) is 0 Å². The van der Waals surface area contributed by atoms with Gasteiger partial charge in [-0.2, -0.15) is 0 Å². The van der Waals surface area contributed by atoms with Crippen LogP contribution in [0.15, 0.2) is 53.1 Å². The minimum atomic E-state index is -0.321. The molecule has 3 nitrogen and oxygen atoms in total. The molecule has 18 heavy (non-hydrogen) atoms. The molecule has 0 aromatic heterocycles. The van der Waals surface area contributed by atoms with E-state index in [4.69, 9.17) is 4.74 Å². The maximum Gasteiger partial charge on any atom is 0.341 e. The van der Waals surface area contributed by atoms with Crippen LogP contribution in [0, 0.1) is 6.92 Å². The van der Waals surface area contributed by atoms with Gasteiger partial charge in [0.15, 0.2) is 0 Å². The van der Waals surface area contributed by atoms with E-state index >= 15 is 0 Å². The standard InChI is InChI=1S/C15H15NO2/c1-4-5-13-11(3)14(18-15(13)17)16-12-8-6-10(2)7-9-12/h4,6-9H,1,5H2,2-3H3. The summed E-state index contributed by atoms with van der Waals surface area (Å²) in [6, 6.07) is 7.74. The van der Waals surface area contributed by atoms with Crippen LogP contribution in [0.25, 0.3) is 0 Å². The number of hydrogen-bond acceptors (Lipinski definition) is 3. The van der Waals surface area contributed by atoms with Gasteiger partial charge in [-0.15, -0.1) is 6.58 Å². The van der Waals surface area contributed by atoms with Crippen LogP contribution in [-0.4, -0.2) is 11.9 Å². The van der Waals surface area contributed by atoms with Crippen LogP contribution in [0.2, 0.25) is 0 Å². The number of carbonyl (C=O) groups is 1. The number of aryl methyl sites for hydroxylation is 1. The van der Waals surface area contributed by atoms with Crippen LogP contribution in [0.3, 0.4) is 0 Å². The Kier molecular flexibility index (Phi) is 3.42. The molecule has 0 radical (unpaired) electrons. The molecule has 92 valence electrons. The van der Waals surface area contributed by atoms with E-state index in [0.717, 1.165) is 11.3 Å². The predicted molar refractivity (Wildman–Crippen MR) is 71.9 cm³/mol. The summed E-state index contributed by atoms with van der Waals surface area (Å²) in [5.74, 6) is 0.0685. The van der Waals surface area contributed by atoms with Crippen molar-refractivity contribution >= 4 is 17.6 Å². The third-order valence-corrected chi connectivity index (χ3v) is 2.82. The van der Waals surface area contributed by atoms with Crippen molar-refractivity contribution in [2.75, 3.05) is 0 Å². The molecule has 0 amide bonds. The summed E-state index contributed by atoms with van der Waals surface area (Å²) in [5.41, 5.74) is 3.38. The van der Waals surface area contributed by atoms with Gasteiger partial charge < -0.3 is 4.74 Å². The highest BCUT2D eigenvalue weighted by molar-refractivity contribution is 6.15.